The van der Waals surface area contributed by atoms with Gasteiger partial charge in [0.05, 0.1) is 0 Å². The topological polar surface area (TPSA) is 38.9 Å². The van der Waals surface area contributed by atoms with E-state index >= 15 is 0 Å². The number of nitrogens with two attached hydrogens (primary N) is 1. The van der Waals surface area contributed by atoms with E-state index in [-0.39, 0.29) is 0 Å². The smallest absolute Gasteiger partial charge is 0.126 e. The summed E-state index contributed by atoms with van der Waals surface area (Å²) in [5.74, 6) is 1.38. The predicted octanol–water partition coefficient (Wildman–Crippen LogP) is 2.56. The number of rotatable bonds is 3. The molecule has 1 heterocycles. The van der Waals surface area contributed by atoms with Crippen LogP contribution in [0.1, 0.15) is 31.4 Å². The molecule has 1 aromatic rings. The number of hydrogen-bond donors (Lipinski definition) is 1. The maximum Gasteiger partial charge on any atom is 0.126 e. The van der Waals surface area contributed by atoms with E-state index in [0.29, 0.717) is 11.7 Å². The first kappa shape index (κ1) is 10.0. The second kappa shape index (κ2) is 4.26. The molecule has 0 aliphatic carbocycles. The first-order chi connectivity index (χ1) is 6.15. The predicted molar refractivity (Wildman–Crippen MR) is 56.5 cm³/mol. The molecule has 1 rings (SSSR count). The SMILES string of the molecule is CCC(C)Cc1c(C)ccnc1N. The Hall–Kier alpha value is -1.05. The van der Waals surface area contributed by atoms with Crippen LogP contribution in [0.5, 0.6) is 0 Å². The van der Waals surface area contributed by atoms with Crippen molar-refractivity contribution in [1.29, 1.82) is 0 Å². The van der Waals surface area contributed by atoms with E-state index in [1.807, 2.05) is 6.07 Å². The van der Waals surface area contributed by atoms with Gasteiger partial charge in [0.1, 0.15) is 5.82 Å². The van der Waals surface area contributed by atoms with Crippen molar-refractivity contribution < 1.29 is 0 Å². The number of nitrogen functional groups attached to an aromatic ring is 1. The molecule has 1 aromatic heterocycles. The maximum atomic E-state index is 5.81. The Morgan fingerprint density at radius 3 is 2.77 bits per heavy atom. The maximum absolute atomic E-state index is 5.81. The van der Waals surface area contributed by atoms with E-state index in [9.17, 15) is 0 Å². The fourth-order valence-corrected chi connectivity index (χ4v) is 1.37. The molecule has 72 valence electrons. The highest BCUT2D eigenvalue weighted by Crippen LogP contribution is 2.19. The minimum Gasteiger partial charge on any atom is -0.383 e. The highest BCUT2D eigenvalue weighted by Gasteiger charge is 2.07. The molecule has 0 fully saturated rings. The van der Waals surface area contributed by atoms with E-state index in [4.69, 9.17) is 5.73 Å². The lowest BCUT2D eigenvalue weighted by Crippen LogP contribution is -2.05. The molecule has 0 saturated carbocycles. The van der Waals surface area contributed by atoms with Crippen LogP contribution >= 0.6 is 0 Å². The van der Waals surface area contributed by atoms with Gasteiger partial charge in [-0.25, -0.2) is 4.98 Å². The van der Waals surface area contributed by atoms with Crippen LogP contribution in [0.3, 0.4) is 0 Å². The molecule has 2 nitrogen and oxygen atoms in total. The minimum atomic E-state index is 0.685. The van der Waals surface area contributed by atoms with E-state index in [0.717, 1.165) is 6.42 Å². The van der Waals surface area contributed by atoms with Crippen molar-refractivity contribution in [3.05, 3.63) is 23.4 Å². The summed E-state index contributed by atoms with van der Waals surface area (Å²) in [7, 11) is 0. The summed E-state index contributed by atoms with van der Waals surface area (Å²) < 4.78 is 0. The van der Waals surface area contributed by atoms with Gasteiger partial charge in [-0.2, -0.15) is 0 Å². The minimum absolute atomic E-state index is 0.685. The van der Waals surface area contributed by atoms with Gasteiger partial charge in [0.25, 0.3) is 0 Å². The molecule has 0 radical (unpaired) electrons. The number of aryl methyl sites for hydroxylation is 1. The van der Waals surface area contributed by atoms with Gasteiger partial charge in [-0.3, -0.25) is 0 Å². The molecule has 0 aliphatic rings. The Kier molecular flexibility index (Phi) is 3.29. The van der Waals surface area contributed by atoms with E-state index in [2.05, 4.69) is 25.8 Å². The fourth-order valence-electron chi connectivity index (χ4n) is 1.37. The lowest BCUT2D eigenvalue weighted by Gasteiger charge is -2.12. The van der Waals surface area contributed by atoms with E-state index < -0.39 is 0 Å². The van der Waals surface area contributed by atoms with Crippen molar-refractivity contribution in [2.24, 2.45) is 5.92 Å². The first-order valence-corrected chi connectivity index (χ1v) is 4.85. The number of hydrogen-bond acceptors (Lipinski definition) is 2. The third-order valence-electron chi connectivity index (χ3n) is 2.57. The summed E-state index contributed by atoms with van der Waals surface area (Å²) >= 11 is 0. The van der Waals surface area contributed by atoms with Gasteiger partial charge >= 0.3 is 0 Å². The zero-order valence-corrected chi connectivity index (χ0v) is 8.67. The highest BCUT2D eigenvalue weighted by molar-refractivity contribution is 5.43. The zero-order valence-electron chi connectivity index (χ0n) is 8.67. The van der Waals surface area contributed by atoms with Crippen molar-refractivity contribution in [2.45, 2.75) is 33.6 Å². The normalized spacial score (nSPS) is 12.8. The summed E-state index contributed by atoms with van der Waals surface area (Å²) in [5, 5.41) is 0. The van der Waals surface area contributed by atoms with Crippen LogP contribution in [-0.4, -0.2) is 4.98 Å². The lowest BCUT2D eigenvalue weighted by atomic mass is 9.96. The molecule has 13 heavy (non-hydrogen) atoms. The van der Waals surface area contributed by atoms with Gasteiger partial charge in [-0.05, 0) is 36.5 Å². The summed E-state index contributed by atoms with van der Waals surface area (Å²) in [4.78, 5) is 4.11. The average molecular weight is 178 g/mol. The summed E-state index contributed by atoms with van der Waals surface area (Å²) in [6, 6.07) is 2.02. The van der Waals surface area contributed by atoms with Crippen LogP contribution in [0.2, 0.25) is 0 Å². The molecule has 0 amide bonds. The van der Waals surface area contributed by atoms with Gasteiger partial charge in [0.2, 0.25) is 0 Å². The number of anilines is 1. The molecule has 0 bridgehead atoms. The van der Waals surface area contributed by atoms with Gasteiger partial charge in [0, 0.05) is 6.20 Å². The van der Waals surface area contributed by atoms with Gasteiger partial charge in [-0.1, -0.05) is 20.3 Å². The molecule has 1 unspecified atom stereocenters. The molecule has 0 aromatic carbocycles. The molecule has 2 heteroatoms. The van der Waals surface area contributed by atoms with Crippen LogP contribution in [0.15, 0.2) is 12.3 Å². The lowest BCUT2D eigenvalue weighted by molar-refractivity contribution is 0.559. The van der Waals surface area contributed by atoms with Crippen molar-refractivity contribution in [2.75, 3.05) is 5.73 Å². The largest absolute Gasteiger partial charge is 0.383 e. The van der Waals surface area contributed by atoms with Crippen LogP contribution in [0.4, 0.5) is 5.82 Å². The molecule has 0 saturated heterocycles. The fraction of sp³-hybridized carbons (Fsp3) is 0.545. The van der Waals surface area contributed by atoms with Crippen molar-refractivity contribution in [3.63, 3.8) is 0 Å². The van der Waals surface area contributed by atoms with Crippen LogP contribution < -0.4 is 5.73 Å². The molecule has 1 atom stereocenters. The average Bonchev–Trinajstić information content (AvgIpc) is 2.11. The first-order valence-electron chi connectivity index (χ1n) is 4.85. The monoisotopic (exact) mass is 178 g/mol. The summed E-state index contributed by atoms with van der Waals surface area (Å²) in [6.45, 7) is 6.54. The van der Waals surface area contributed by atoms with Crippen LogP contribution in [0, 0.1) is 12.8 Å². The standard InChI is InChI=1S/C11H18N2/c1-4-8(2)7-10-9(3)5-6-13-11(10)12/h5-6,8H,4,7H2,1-3H3,(H2,12,13). The second-order valence-electron chi connectivity index (χ2n) is 3.71. The molecular formula is C11H18N2. The molecular weight excluding hydrogens is 160 g/mol. The molecule has 0 aliphatic heterocycles. The summed E-state index contributed by atoms with van der Waals surface area (Å²) in [6.07, 6.45) is 4.00. The van der Waals surface area contributed by atoms with Crippen LogP contribution in [-0.2, 0) is 6.42 Å². The Morgan fingerprint density at radius 1 is 1.54 bits per heavy atom. The van der Waals surface area contributed by atoms with Gasteiger partial charge in [0.15, 0.2) is 0 Å². The summed E-state index contributed by atoms with van der Waals surface area (Å²) in [5.41, 5.74) is 8.29. The van der Waals surface area contributed by atoms with Crippen molar-refractivity contribution in [1.82, 2.24) is 4.98 Å². The van der Waals surface area contributed by atoms with Crippen LogP contribution in [0.25, 0.3) is 0 Å². The Morgan fingerprint density at radius 2 is 2.23 bits per heavy atom. The van der Waals surface area contributed by atoms with Crippen molar-refractivity contribution in [3.8, 4) is 0 Å². The Balaban J connectivity index is 2.87. The van der Waals surface area contributed by atoms with E-state index in [1.165, 1.54) is 17.5 Å². The Labute approximate surface area is 80.2 Å². The number of aromatic nitrogens is 1. The number of pyridine rings is 1. The van der Waals surface area contributed by atoms with E-state index in [1.54, 1.807) is 6.20 Å². The van der Waals surface area contributed by atoms with Crippen molar-refractivity contribution >= 4 is 5.82 Å². The Bertz CT molecular complexity index is 261. The molecule has 2 N–H and O–H groups in total. The third-order valence-corrected chi connectivity index (χ3v) is 2.57. The molecule has 0 spiro atoms. The third kappa shape index (κ3) is 2.44. The zero-order chi connectivity index (χ0) is 9.84. The van der Waals surface area contributed by atoms with Gasteiger partial charge in [-0.15, -0.1) is 0 Å². The number of nitrogens with zero attached hydrogens (tertiary/aromatic N) is 1. The van der Waals surface area contributed by atoms with Gasteiger partial charge < -0.3 is 5.73 Å². The second-order valence-corrected chi connectivity index (χ2v) is 3.71. The highest BCUT2D eigenvalue weighted by atomic mass is 14.8. The quantitative estimate of drug-likeness (QED) is 0.772.